The van der Waals surface area contributed by atoms with Gasteiger partial charge in [-0.15, -0.1) is 0 Å². The second kappa shape index (κ2) is 7.14. The van der Waals surface area contributed by atoms with Gasteiger partial charge in [-0.2, -0.15) is 5.26 Å². The van der Waals surface area contributed by atoms with Gasteiger partial charge in [0.2, 0.25) is 10.0 Å². The van der Waals surface area contributed by atoms with E-state index in [0.29, 0.717) is 17.5 Å². The van der Waals surface area contributed by atoms with Crippen LogP contribution in [0.5, 0.6) is 0 Å². The Bertz CT molecular complexity index is 863. The van der Waals surface area contributed by atoms with E-state index in [-0.39, 0.29) is 15.6 Å². The molecular weight excluding hydrogens is 358 g/mol. The summed E-state index contributed by atoms with van der Waals surface area (Å²) in [5.41, 5.74) is 0.951. The molecule has 7 nitrogen and oxygen atoms in total. The summed E-state index contributed by atoms with van der Waals surface area (Å²) in [7, 11) is -3.72. The molecule has 0 amide bonds. The summed E-state index contributed by atoms with van der Waals surface area (Å²) >= 11 is 7.26. The van der Waals surface area contributed by atoms with E-state index in [1.54, 1.807) is 18.4 Å². The van der Waals surface area contributed by atoms with E-state index in [1.807, 2.05) is 6.07 Å². The normalized spacial score (nSPS) is 11.0. The van der Waals surface area contributed by atoms with Crippen molar-refractivity contribution in [1.82, 2.24) is 9.97 Å². The van der Waals surface area contributed by atoms with E-state index >= 15 is 0 Å². The highest BCUT2D eigenvalue weighted by atomic mass is 35.5. The number of hydrogen-bond donors (Lipinski definition) is 2. The van der Waals surface area contributed by atoms with Gasteiger partial charge in [0, 0.05) is 6.54 Å². The number of rotatable bonds is 5. The zero-order valence-corrected chi connectivity index (χ0v) is 14.3. The molecule has 0 aliphatic carbocycles. The molecule has 2 rings (SSSR count). The average molecular weight is 370 g/mol. The Hall–Kier alpha value is -1.86. The zero-order chi connectivity index (χ0) is 17.0. The van der Waals surface area contributed by atoms with E-state index < -0.39 is 10.0 Å². The van der Waals surface area contributed by atoms with Crippen molar-refractivity contribution in [3.63, 3.8) is 0 Å². The van der Waals surface area contributed by atoms with Gasteiger partial charge in [-0.25, -0.2) is 23.5 Å². The van der Waals surface area contributed by atoms with Gasteiger partial charge >= 0.3 is 0 Å². The topological polar surface area (TPSA) is 122 Å². The van der Waals surface area contributed by atoms with Crippen molar-refractivity contribution in [2.45, 2.75) is 16.6 Å². The minimum Gasteiger partial charge on any atom is -0.365 e. The van der Waals surface area contributed by atoms with Crippen LogP contribution in [0.15, 0.2) is 34.3 Å². The summed E-state index contributed by atoms with van der Waals surface area (Å²) in [6.45, 7) is 0.334. The molecule has 0 radical (unpaired) electrons. The van der Waals surface area contributed by atoms with Crippen LogP contribution in [0.1, 0.15) is 11.1 Å². The van der Waals surface area contributed by atoms with Crippen molar-refractivity contribution in [2.75, 3.05) is 11.6 Å². The number of nitrogens with zero attached hydrogens (tertiary/aromatic N) is 3. The van der Waals surface area contributed by atoms with E-state index in [2.05, 4.69) is 15.3 Å². The van der Waals surface area contributed by atoms with Crippen molar-refractivity contribution in [3.8, 4) is 6.07 Å². The van der Waals surface area contributed by atoms with E-state index in [0.717, 1.165) is 5.56 Å². The number of halogens is 1. The third-order valence-electron chi connectivity index (χ3n) is 2.85. The quantitative estimate of drug-likeness (QED) is 0.469. The van der Waals surface area contributed by atoms with Crippen LogP contribution in [0, 0.1) is 11.3 Å². The summed E-state index contributed by atoms with van der Waals surface area (Å²) in [5, 5.41) is 17.7. The van der Waals surface area contributed by atoms with Crippen LogP contribution in [0.3, 0.4) is 0 Å². The number of anilines is 1. The van der Waals surface area contributed by atoms with Gasteiger partial charge in [0.15, 0.2) is 10.3 Å². The predicted molar refractivity (Wildman–Crippen MR) is 88.7 cm³/mol. The zero-order valence-electron chi connectivity index (χ0n) is 11.9. The minimum atomic E-state index is -3.72. The molecule has 120 valence electrons. The molecule has 0 saturated carbocycles. The monoisotopic (exact) mass is 369 g/mol. The Morgan fingerprint density at radius 2 is 2.00 bits per heavy atom. The fourth-order valence-electron chi connectivity index (χ4n) is 1.72. The first-order valence-electron chi connectivity index (χ1n) is 6.22. The first kappa shape index (κ1) is 17.5. The van der Waals surface area contributed by atoms with Crippen LogP contribution in [-0.4, -0.2) is 24.6 Å². The highest BCUT2D eigenvalue weighted by molar-refractivity contribution is 7.98. The number of thioether (sulfide) groups is 1. The van der Waals surface area contributed by atoms with Crippen molar-refractivity contribution >= 4 is 39.2 Å². The van der Waals surface area contributed by atoms with Crippen molar-refractivity contribution in [1.29, 1.82) is 5.26 Å². The SMILES string of the molecule is CSc1nc(Cl)c(C#N)c(NCc2ccc(S(N)(=O)=O)cc2)n1. The molecular formula is C13H12ClN5O2S2. The molecule has 0 saturated heterocycles. The third kappa shape index (κ3) is 4.33. The van der Waals surface area contributed by atoms with E-state index in [9.17, 15) is 8.42 Å². The largest absolute Gasteiger partial charge is 0.365 e. The smallest absolute Gasteiger partial charge is 0.238 e. The number of sulfonamides is 1. The first-order valence-corrected chi connectivity index (χ1v) is 9.37. The minimum absolute atomic E-state index is 0.0358. The van der Waals surface area contributed by atoms with Crippen LogP contribution in [-0.2, 0) is 16.6 Å². The van der Waals surface area contributed by atoms with Crippen LogP contribution >= 0.6 is 23.4 Å². The maximum atomic E-state index is 11.2. The first-order chi connectivity index (χ1) is 10.8. The number of primary sulfonamides is 1. The molecule has 0 bridgehead atoms. The number of aromatic nitrogens is 2. The van der Waals surface area contributed by atoms with Gasteiger partial charge in [0.25, 0.3) is 0 Å². The van der Waals surface area contributed by atoms with Crippen LogP contribution in [0.4, 0.5) is 5.82 Å². The molecule has 10 heteroatoms. The Morgan fingerprint density at radius 3 is 2.52 bits per heavy atom. The standard InChI is InChI=1S/C13H12ClN5O2S2/c1-22-13-18-11(14)10(6-15)12(19-13)17-7-8-2-4-9(5-3-8)23(16,20)21/h2-5H,7H2,1H3,(H2,16,20,21)(H,17,18,19). The van der Waals surface area contributed by atoms with Gasteiger partial charge in [-0.3, -0.25) is 0 Å². The van der Waals surface area contributed by atoms with Crippen molar-refractivity contribution in [2.24, 2.45) is 5.14 Å². The molecule has 2 aromatic rings. The molecule has 0 unspecified atom stereocenters. The number of nitrogens with two attached hydrogens (primary N) is 1. The molecule has 0 spiro atoms. The van der Waals surface area contributed by atoms with Gasteiger partial charge in [-0.1, -0.05) is 35.5 Å². The van der Waals surface area contributed by atoms with Crippen molar-refractivity contribution in [3.05, 3.63) is 40.5 Å². The third-order valence-corrected chi connectivity index (χ3v) is 4.60. The van der Waals surface area contributed by atoms with Gasteiger partial charge < -0.3 is 5.32 Å². The highest BCUT2D eigenvalue weighted by Gasteiger charge is 2.13. The van der Waals surface area contributed by atoms with Crippen LogP contribution < -0.4 is 10.5 Å². The predicted octanol–water partition coefficient (Wildman–Crippen LogP) is 1.98. The van der Waals surface area contributed by atoms with Crippen LogP contribution in [0.2, 0.25) is 5.15 Å². The van der Waals surface area contributed by atoms with E-state index in [1.165, 1.54) is 23.9 Å². The molecule has 1 heterocycles. The van der Waals surface area contributed by atoms with Crippen LogP contribution in [0.25, 0.3) is 0 Å². The molecule has 23 heavy (non-hydrogen) atoms. The Morgan fingerprint density at radius 1 is 1.35 bits per heavy atom. The number of nitrogens with one attached hydrogen (secondary N) is 1. The molecule has 1 aromatic carbocycles. The highest BCUT2D eigenvalue weighted by Crippen LogP contribution is 2.24. The second-order valence-electron chi connectivity index (χ2n) is 4.38. The maximum absolute atomic E-state index is 11.2. The number of hydrogen-bond acceptors (Lipinski definition) is 7. The summed E-state index contributed by atoms with van der Waals surface area (Å²) in [4.78, 5) is 8.24. The summed E-state index contributed by atoms with van der Waals surface area (Å²) in [6.07, 6.45) is 1.80. The Balaban J connectivity index is 2.21. The lowest BCUT2D eigenvalue weighted by molar-refractivity contribution is 0.598. The molecule has 1 aromatic heterocycles. The molecule has 0 atom stereocenters. The lowest BCUT2D eigenvalue weighted by Gasteiger charge is -2.09. The lowest BCUT2D eigenvalue weighted by atomic mass is 10.2. The summed E-state index contributed by atoms with van der Waals surface area (Å²) < 4.78 is 22.4. The molecule has 3 N–H and O–H groups in total. The molecule has 0 aliphatic rings. The molecule has 0 aliphatic heterocycles. The summed E-state index contributed by atoms with van der Waals surface area (Å²) in [5.74, 6) is 0.326. The van der Waals surface area contributed by atoms with Gasteiger partial charge in [0.1, 0.15) is 17.5 Å². The second-order valence-corrected chi connectivity index (χ2v) is 7.07. The van der Waals surface area contributed by atoms with Gasteiger partial charge in [0.05, 0.1) is 4.90 Å². The van der Waals surface area contributed by atoms with Gasteiger partial charge in [-0.05, 0) is 24.0 Å². The molecule has 0 fully saturated rings. The Kier molecular flexibility index (Phi) is 5.43. The average Bonchev–Trinajstić information content (AvgIpc) is 2.52. The Labute approximate surface area is 142 Å². The summed E-state index contributed by atoms with van der Waals surface area (Å²) in [6, 6.07) is 8.03. The number of nitriles is 1. The lowest BCUT2D eigenvalue weighted by Crippen LogP contribution is -2.12. The van der Waals surface area contributed by atoms with Crippen molar-refractivity contribution < 1.29 is 8.42 Å². The van der Waals surface area contributed by atoms with E-state index in [4.69, 9.17) is 22.0 Å². The fourth-order valence-corrected chi connectivity index (χ4v) is 2.86. The number of benzene rings is 1. The maximum Gasteiger partial charge on any atom is 0.238 e. The fraction of sp³-hybridized carbons (Fsp3) is 0.154.